The van der Waals surface area contributed by atoms with Crippen molar-refractivity contribution in [3.63, 3.8) is 0 Å². The van der Waals surface area contributed by atoms with Crippen molar-refractivity contribution in [3.8, 4) is 5.75 Å². The van der Waals surface area contributed by atoms with Crippen LogP contribution in [-0.2, 0) is 14.8 Å². The summed E-state index contributed by atoms with van der Waals surface area (Å²) in [5.41, 5.74) is 0.554. The van der Waals surface area contributed by atoms with E-state index in [1.54, 1.807) is 24.3 Å². The van der Waals surface area contributed by atoms with E-state index in [0.717, 1.165) is 0 Å². The summed E-state index contributed by atoms with van der Waals surface area (Å²) in [6, 6.07) is 15.2. The topological polar surface area (TPSA) is 115 Å². The van der Waals surface area contributed by atoms with Crippen LogP contribution in [0.15, 0.2) is 76.2 Å². The first-order valence-electron chi connectivity index (χ1n) is 9.78. The van der Waals surface area contributed by atoms with Crippen LogP contribution in [0.25, 0.3) is 0 Å². The second kappa shape index (κ2) is 9.35. The number of amides is 1. The van der Waals surface area contributed by atoms with Gasteiger partial charge in [0, 0.05) is 30.4 Å². The van der Waals surface area contributed by atoms with Crippen molar-refractivity contribution in [1.29, 1.82) is 0 Å². The van der Waals surface area contributed by atoms with Gasteiger partial charge >= 0.3 is 5.97 Å². The average molecular weight is 456 g/mol. The first kappa shape index (κ1) is 21.8. The number of furan rings is 1. The van der Waals surface area contributed by atoms with Crippen LogP contribution in [0.5, 0.6) is 5.75 Å². The zero-order valence-electron chi connectivity index (χ0n) is 16.9. The van der Waals surface area contributed by atoms with Gasteiger partial charge < -0.3 is 19.2 Å². The van der Waals surface area contributed by atoms with Gasteiger partial charge in [0.2, 0.25) is 15.8 Å². The molecule has 1 N–H and O–H groups in total. The van der Waals surface area contributed by atoms with Crippen LogP contribution in [0.1, 0.15) is 20.9 Å². The molecule has 0 atom stereocenters. The number of morpholine rings is 1. The Labute approximate surface area is 184 Å². The van der Waals surface area contributed by atoms with Crippen LogP contribution >= 0.6 is 0 Å². The monoisotopic (exact) mass is 456 g/mol. The van der Waals surface area contributed by atoms with E-state index in [2.05, 4.69) is 5.32 Å². The molecule has 1 amide bonds. The fraction of sp³-hybridized carbons (Fsp3) is 0.182. The molecule has 1 aliphatic heterocycles. The molecule has 4 rings (SSSR count). The summed E-state index contributed by atoms with van der Waals surface area (Å²) in [6.07, 6.45) is 1.36. The second-order valence-electron chi connectivity index (χ2n) is 6.89. The summed E-state index contributed by atoms with van der Waals surface area (Å²) in [5, 5.41) is 2.68. The number of carbonyl (C=O) groups excluding carboxylic acids is 2. The fourth-order valence-electron chi connectivity index (χ4n) is 3.13. The van der Waals surface area contributed by atoms with Gasteiger partial charge in [-0.25, -0.2) is 13.2 Å². The van der Waals surface area contributed by atoms with E-state index < -0.39 is 21.9 Å². The zero-order chi connectivity index (χ0) is 22.6. The predicted molar refractivity (Wildman–Crippen MR) is 114 cm³/mol. The quantitative estimate of drug-likeness (QED) is 0.448. The normalized spacial score (nSPS) is 14.6. The summed E-state index contributed by atoms with van der Waals surface area (Å²) in [6.45, 7) is 1.20. The van der Waals surface area contributed by atoms with Gasteiger partial charge in [-0.2, -0.15) is 4.31 Å². The van der Waals surface area contributed by atoms with E-state index in [4.69, 9.17) is 13.9 Å². The number of esters is 1. The van der Waals surface area contributed by atoms with Crippen LogP contribution in [0.2, 0.25) is 0 Å². The molecule has 1 fully saturated rings. The van der Waals surface area contributed by atoms with E-state index in [-0.39, 0.29) is 35.1 Å². The zero-order valence-corrected chi connectivity index (χ0v) is 17.7. The van der Waals surface area contributed by atoms with Gasteiger partial charge in [0.1, 0.15) is 5.75 Å². The van der Waals surface area contributed by atoms with E-state index in [0.29, 0.717) is 18.9 Å². The Bertz CT molecular complexity index is 1220. The molecule has 2 aromatic carbocycles. The highest BCUT2D eigenvalue weighted by Crippen LogP contribution is 2.22. The molecule has 1 aliphatic rings. The van der Waals surface area contributed by atoms with Crippen LogP contribution in [0.3, 0.4) is 0 Å². The summed E-state index contributed by atoms with van der Waals surface area (Å²) >= 11 is 0. The van der Waals surface area contributed by atoms with Gasteiger partial charge in [-0.15, -0.1) is 0 Å². The minimum absolute atomic E-state index is 0.0354. The molecule has 2 heterocycles. The fourth-order valence-corrected chi connectivity index (χ4v) is 4.58. The second-order valence-corrected chi connectivity index (χ2v) is 8.83. The lowest BCUT2D eigenvalue weighted by molar-refractivity contribution is 0.0701. The third kappa shape index (κ3) is 4.88. The highest BCUT2D eigenvalue weighted by molar-refractivity contribution is 7.89. The number of hydrogen-bond acceptors (Lipinski definition) is 7. The van der Waals surface area contributed by atoms with E-state index >= 15 is 0 Å². The minimum atomic E-state index is -3.73. The molecule has 32 heavy (non-hydrogen) atoms. The van der Waals surface area contributed by atoms with Crippen molar-refractivity contribution in [2.45, 2.75) is 4.90 Å². The Balaban J connectivity index is 1.47. The molecule has 1 aromatic heterocycles. The smallest absolute Gasteiger partial charge is 0.379 e. The lowest BCUT2D eigenvalue weighted by Gasteiger charge is -2.26. The van der Waals surface area contributed by atoms with Gasteiger partial charge in [0.25, 0.3) is 5.91 Å². The molecule has 3 aromatic rings. The van der Waals surface area contributed by atoms with Crippen LogP contribution in [0.4, 0.5) is 5.69 Å². The number of nitrogens with zero attached hydrogens (tertiary/aromatic N) is 1. The molecule has 1 saturated heterocycles. The molecular formula is C22H20N2O7S. The molecule has 9 nitrogen and oxygen atoms in total. The van der Waals surface area contributed by atoms with Crippen molar-refractivity contribution >= 4 is 27.6 Å². The lowest BCUT2D eigenvalue weighted by atomic mass is 10.2. The highest BCUT2D eigenvalue weighted by atomic mass is 32.2. The third-order valence-corrected chi connectivity index (χ3v) is 6.62. The molecule has 0 saturated carbocycles. The predicted octanol–water partition coefficient (Wildman–Crippen LogP) is 2.77. The molecule has 0 radical (unpaired) electrons. The molecule has 0 spiro atoms. The van der Waals surface area contributed by atoms with Crippen molar-refractivity contribution in [3.05, 3.63) is 78.3 Å². The molecule has 0 bridgehead atoms. The van der Waals surface area contributed by atoms with Crippen LogP contribution < -0.4 is 10.1 Å². The maximum Gasteiger partial charge on any atom is 0.379 e. The van der Waals surface area contributed by atoms with Crippen LogP contribution in [-0.4, -0.2) is 50.9 Å². The van der Waals surface area contributed by atoms with Crippen molar-refractivity contribution in [1.82, 2.24) is 4.31 Å². The van der Waals surface area contributed by atoms with Gasteiger partial charge in [-0.05, 0) is 42.5 Å². The molecule has 0 aliphatic carbocycles. The Kier molecular flexibility index (Phi) is 6.35. The number of carbonyl (C=O) groups is 2. The molecule has 10 heteroatoms. The summed E-state index contributed by atoms with van der Waals surface area (Å²) in [5.74, 6) is -0.899. The average Bonchev–Trinajstić information content (AvgIpc) is 3.35. The van der Waals surface area contributed by atoms with E-state index in [1.165, 1.54) is 47.0 Å². The molecular weight excluding hydrogens is 436 g/mol. The van der Waals surface area contributed by atoms with Crippen molar-refractivity contribution < 1.29 is 31.9 Å². The first-order chi connectivity index (χ1) is 15.4. The van der Waals surface area contributed by atoms with Crippen molar-refractivity contribution in [2.75, 3.05) is 31.6 Å². The van der Waals surface area contributed by atoms with E-state index in [9.17, 15) is 18.0 Å². The van der Waals surface area contributed by atoms with Crippen LogP contribution in [0, 0.1) is 0 Å². The standard InChI is InChI=1S/C22H20N2O7S/c25-21(16-4-1-7-19(14-16)32(27,28)24-9-12-29-13-10-24)23-17-5-2-6-18(15-17)31-22(26)20-8-3-11-30-20/h1-8,11,14-15H,9-10,12-13H2,(H,23,25). The summed E-state index contributed by atoms with van der Waals surface area (Å²) in [4.78, 5) is 24.8. The maximum atomic E-state index is 12.8. The Hall–Kier alpha value is -3.47. The van der Waals surface area contributed by atoms with Gasteiger partial charge in [-0.1, -0.05) is 12.1 Å². The summed E-state index contributed by atoms with van der Waals surface area (Å²) < 4.78 is 42.5. The third-order valence-electron chi connectivity index (χ3n) is 4.73. The Morgan fingerprint density at radius 1 is 0.969 bits per heavy atom. The number of hydrogen-bond donors (Lipinski definition) is 1. The van der Waals surface area contributed by atoms with Crippen molar-refractivity contribution in [2.24, 2.45) is 0 Å². The van der Waals surface area contributed by atoms with Gasteiger partial charge in [-0.3, -0.25) is 4.79 Å². The Morgan fingerprint density at radius 2 is 1.75 bits per heavy atom. The summed E-state index contributed by atoms with van der Waals surface area (Å²) in [7, 11) is -3.73. The maximum absolute atomic E-state index is 12.8. The lowest BCUT2D eigenvalue weighted by Crippen LogP contribution is -2.40. The van der Waals surface area contributed by atoms with E-state index in [1.807, 2.05) is 0 Å². The number of rotatable bonds is 6. The Morgan fingerprint density at radius 3 is 2.50 bits per heavy atom. The number of benzene rings is 2. The number of anilines is 1. The largest absolute Gasteiger partial charge is 0.457 e. The van der Waals surface area contributed by atoms with Gasteiger partial charge in [0.05, 0.1) is 24.4 Å². The first-order valence-corrected chi connectivity index (χ1v) is 11.2. The minimum Gasteiger partial charge on any atom is -0.457 e. The number of nitrogens with one attached hydrogen (secondary N) is 1. The molecule has 0 unspecified atom stereocenters. The van der Waals surface area contributed by atoms with Gasteiger partial charge in [0.15, 0.2) is 0 Å². The number of ether oxygens (including phenoxy) is 2. The number of sulfonamides is 1. The SMILES string of the molecule is O=C(Nc1cccc(OC(=O)c2ccco2)c1)c1cccc(S(=O)(=O)N2CCOCC2)c1. The highest BCUT2D eigenvalue weighted by Gasteiger charge is 2.27. The molecule has 166 valence electrons.